The van der Waals surface area contributed by atoms with E-state index in [2.05, 4.69) is 29.5 Å². The minimum Gasteiger partial charge on any atom is -0.356 e. The molecular formula is C16H32N4O. The third kappa shape index (κ3) is 6.82. The zero-order chi connectivity index (χ0) is 15.7. The van der Waals surface area contributed by atoms with Gasteiger partial charge in [-0.15, -0.1) is 0 Å². The molecule has 0 heterocycles. The summed E-state index contributed by atoms with van der Waals surface area (Å²) in [6, 6.07) is 0.473. The molecule has 0 spiro atoms. The highest BCUT2D eigenvalue weighted by molar-refractivity contribution is 5.84. The number of hydrogen-bond acceptors (Lipinski definition) is 2. The van der Waals surface area contributed by atoms with Crippen LogP contribution in [-0.2, 0) is 4.79 Å². The fourth-order valence-corrected chi connectivity index (χ4v) is 2.53. The van der Waals surface area contributed by atoms with Crippen LogP contribution in [0.1, 0.15) is 52.4 Å². The Hall–Kier alpha value is -1.26. The number of likely N-dealkylation sites (N-methyl/N-ethyl adjacent to an activating group) is 1. The van der Waals surface area contributed by atoms with Crippen LogP contribution in [0.4, 0.5) is 0 Å². The third-order valence-corrected chi connectivity index (χ3v) is 4.13. The maximum Gasteiger partial charge on any atom is 0.243 e. The van der Waals surface area contributed by atoms with Gasteiger partial charge in [0.2, 0.25) is 5.91 Å². The summed E-state index contributed by atoms with van der Waals surface area (Å²) in [7, 11) is 3.53. The Kier molecular flexibility index (Phi) is 8.16. The highest BCUT2D eigenvalue weighted by atomic mass is 16.2. The second-order valence-corrected chi connectivity index (χ2v) is 6.25. The van der Waals surface area contributed by atoms with Crippen molar-refractivity contribution in [2.75, 3.05) is 27.2 Å². The fraction of sp³-hybridized carbons (Fsp3) is 0.875. The lowest BCUT2D eigenvalue weighted by Crippen LogP contribution is -2.47. The number of unbranched alkanes of at least 4 members (excludes halogenated alkanes) is 1. The molecule has 0 bridgehead atoms. The van der Waals surface area contributed by atoms with Crippen molar-refractivity contribution in [1.29, 1.82) is 0 Å². The maximum absolute atomic E-state index is 11.7. The van der Waals surface area contributed by atoms with Crippen molar-refractivity contribution in [2.45, 2.75) is 58.4 Å². The first-order valence-corrected chi connectivity index (χ1v) is 8.29. The molecule has 2 N–H and O–H groups in total. The van der Waals surface area contributed by atoms with E-state index in [0.29, 0.717) is 12.0 Å². The van der Waals surface area contributed by atoms with E-state index < -0.39 is 0 Å². The molecule has 1 saturated carbocycles. The van der Waals surface area contributed by atoms with Gasteiger partial charge in [0, 0.05) is 26.7 Å². The number of amides is 1. The number of carbonyl (C=O) groups excluding carboxylic acids is 1. The molecule has 1 fully saturated rings. The molecule has 5 nitrogen and oxygen atoms in total. The molecule has 0 aromatic rings. The Bertz CT molecular complexity index is 341. The van der Waals surface area contributed by atoms with Gasteiger partial charge in [0.05, 0.1) is 0 Å². The Morgan fingerprint density at radius 2 is 2.00 bits per heavy atom. The number of nitrogens with one attached hydrogen (secondary N) is 2. The maximum atomic E-state index is 11.7. The lowest BCUT2D eigenvalue weighted by molar-refractivity contribution is -0.127. The topological polar surface area (TPSA) is 56.7 Å². The number of nitrogens with zero attached hydrogens (tertiary/aromatic N) is 2. The summed E-state index contributed by atoms with van der Waals surface area (Å²) < 4.78 is 0. The van der Waals surface area contributed by atoms with Crippen molar-refractivity contribution in [3.05, 3.63) is 0 Å². The van der Waals surface area contributed by atoms with Gasteiger partial charge >= 0.3 is 0 Å². The van der Waals surface area contributed by atoms with Crippen LogP contribution in [0.3, 0.4) is 0 Å². The van der Waals surface area contributed by atoms with E-state index in [1.54, 1.807) is 19.0 Å². The van der Waals surface area contributed by atoms with Gasteiger partial charge in [0.1, 0.15) is 6.54 Å². The summed E-state index contributed by atoms with van der Waals surface area (Å²) in [5, 5.41) is 6.88. The van der Waals surface area contributed by atoms with E-state index in [0.717, 1.165) is 25.3 Å². The van der Waals surface area contributed by atoms with Crippen molar-refractivity contribution >= 4 is 11.9 Å². The molecule has 0 radical (unpaired) electrons. The zero-order valence-electron chi connectivity index (χ0n) is 14.1. The molecule has 1 amide bonds. The highest BCUT2D eigenvalue weighted by Crippen LogP contribution is 2.23. The van der Waals surface area contributed by atoms with E-state index in [1.807, 2.05) is 0 Å². The van der Waals surface area contributed by atoms with Crippen LogP contribution >= 0.6 is 0 Å². The first-order valence-electron chi connectivity index (χ1n) is 8.29. The lowest BCUT2D eigenvalue weighted by atomic mass is 9.86. The second-order valence-electron chi connectivity index (χ2n) is 6.25. The lowest BCUT2D eigenvalue weighted by Gasteiger charge is -2.31. The summed E-state index contributed by atoms with van der Waals surface area (Å²) in [6.07, 6.45) is 7.34. The van der Waals surface area contributed by atoms with E-state index in [-0.39, 0.29) is 12.5 Å². The first-order chi connectivity index (χ1) is 10.0. The normalized spacial score (nSPS) is 22.8. The molecule has 0 aromatic heterocycles. The largest absolute Gasteiger partial charge is 0.356 e. The highest BCUT2D eigenvalue weighted by Gasteiger charge is 2.22. The standard InChI is InChI=1S/C16H32N4O/c1-5-6-11-17-16(18-12-15(21)20(3)4)19-14-10-8-7-9-13(14)2/h13-14H,5-12H2,1-4H3,(H2,17,18,19). The van der Waals surface area contributed by atoms with Gasteiger partial charge in [-0.3, -0.25) is 4.79 Å². The van der Waals surface area contributed by atoms with Gasteiger partial charge in [-0.05, 0) is 25.2 Å². The minimum atomic E-state index is 0.0308. The third-order valence-electron chi connectivity index (χ3n) is 4.13. The number of aliphatic imine (C=N–C) groups is 1. The quantitative estimate of drug-likeness (QED) is 0.448. The van der Waals surface area contributed by atoms with Gasteiger partial charge < -0.3 is 15.5 Å². The van der Waals surface area contributed by atoms with Crippen molar-refractivity contribution in [3.8, 4) is 0 Å². The molecule has 2 atom stereocenters. The first kappa shape index (κ1) is 17.8. The van der Waals surface area contributed by atoms with E-state index in [4.69, 9.17) is 0 Å². The molecule has 0 saturated heterocycles. The monoisotopic (exact) mass is 296 g/mol. The van der Waals surface area contributed by atoms with Crippen molar-refractivity contribution < 1.29 is 4.79 Å². The average Bonchev–Trinajstić information content (AvgIpc) is 2.46. The molecule has 122 valence electrons. The molecule has 1 aliphatic rings. The summed E-state index contributed by atoms with van der Waals surface area (Å²) in [6.45, 7) is 5.57. The number of hydrogen-bond donors (Lipinski definition) is 2. The Morgan fingerprint density at radius 3 is 2.62 bits per heavy atom. The molecule has 1 rings (SSSR count). The van der Waals surface area contributed by atoms with Crippen LogP contribution in [0.2, 0.25) is 0 Å². The van der Waals surface area contributed by atoms with Crippen LogP contribution in [0.25, 0.3) is 0 Å². The summed E-state index contributed by atoms with van der Waals surface area (Å²) >= 11 is 0. The van der Waals surface area contributed by atoms with Crippen molar-refractivity contribution in [1.82, 2.24) is 15.5 Å². The van der Waals surface area contributed by atoms with Gasteiger partial charge in [-0.1, -0.05) is 33.1 Å². The predicted octanol–water partition coefficient (Wildman–Crippen LogP) is 1.99. The average molecular weight is 296 g/mol. The van der Waals surface area contributed by atoms with Crippen molar-refractivity contribution in [3.63, 3.8) is 0 Å². The Morgan fingerprint density at radius 1 is 1.29 bits per heavy atom. The molecule has 1 aliphatic carbocycles. The van der Waals surface area contributed by atoms with Crippen molar-refractivity contribution in [2.24, 2.45) is 10.9 Å². The number of carbonyl (C=O) groups is 1. The Balaban J connectivity index is 2.57. The SMILES string of the molecule is CCCCNC(=NCC(=O)N(C)C)NC1CCCCC1C. The summed E-state index contributed by atoms with van der Waals surface area (Å²) in [5.74, 6) is 1.49. The van der Waals surface area contributed by atoms with Crippen LogP contribution < -0.4 is 10.6 Å². The molecule has 21 heavy (non-hydrogen) atoms. The van der Waals surface area contributed by atoms with Gasteiger partial charge in [0.25, 0.3) is 0 Å². The van der Waals surface area contributed by atoms with E-state index >= 15 is 0 Å². The molecule has 0 aliphatic heterocycles. The smallest absolute Gasteiger partial charge is 0.243 e. The predicted molar refractivity (Wildman–Crippen MR) is 88.5 cm³/mol. The zero-order valence-corrected chi connectivity index (χ0v) is 14.1. The number of guanidine groups is 1. The molecular weight excluding hydrogens is 264 g/mol. The molecule has 0 aromatic carbocycles. The second kappa shape index (κ2) is 9.64. The van der Waals surface area contributed by atoms with Gasteiger partial charge in [-0.25, -0.2) is 4.99 Å². The van der Waals surface area contributed by atoms with Crippen LogP contribution in [-0.4, -0.2) is 50.0 Å². The molecule has 2 unspecified atom stereocenters. The van der Waals surface area contributed by atoms with Crippen LogP contribution in [0.15, 0.2) is 4.99 Å². The van der Waals surface area contributed by atoms with Gasteiger partial charge in [-0.2, -0.15) is 0 Å². The van der Waals surface area contributed by atoms with Gasteiger partial charge in [0.15, 0.2) is 5.96 Å². The number of rotatable bonds is 6. The summed E-state index contributed by atoms with van der Waals surface area (Å²) in [5.41, 5.74) is 0. The Labute approximate surface area is 129 Å². The minimum absolute atomic E-state index is 0.0308. The molecule has 5 heteroatoms. The van der Waals surface area contributed by atoms with Crippen LogP contribution in [0, 0.1) is 5.92 Å². The fourth-order valence-electron chi connectivity index (χ4n) is 2.53. The van der Waals surface area contributed by atoms with Crippen LogP contribution in [0.5, 0.6) is 0 Å². The van der Waals surface area contributed by atoms with E-state index in [1.165, 1.54) is 25.7 Å². The van der Waals surface area contributed by atoms with E-state index in [9.17, 15) is 4.79 Å². The summed E-state index contributed by atoms with van der Waals surface area (Å²) in [4.78, 5) is 17.7.